The molecule has 0 saturated carbocycles. The monoisotopic (exact) mass is 455 g/mol. The molecule has 1 aliphatic heterocycles. The maximum atomic E-state index is 13.2. The van der Waals surface area contributed by atoms with Gasteiger partial charge in [-0.25, -0.2) is 4.79 Å². The molecule has 168 valence electrons. The van der Waals surface area contributed by atoms with Crippen LogP contribution in [0.2, 0.25) is 5.02 Å². The number of benzene rings is 2. The molecule has 7 heteroatoms. The zero-order valence-electron chi connectivity index (χ0n) is 18.4. The van der Waals surface area contributed by atoms with Crippen molar-refractivity contribution in [1.29, 1.82) is 0 Å². The lowest BCUT2D eigenvalue weighted by Crippen LogP contribution is -2.38. The van der Waals surface area contributed by atoms with E-state index in [0.29, 0.717) is 39.9 Å². The fourth-order valence-corrected chi connectivity index (χ4v) is 4.09. The highest BCUT2D eigenvalue weighted by Gasteiger charge is 2.38. The second kappa shape index (κ2) is 10.4. The highest BCUT2D eigenvalue weighted by atomic mass is 35.5. The van der Waals surface area contributed by atoms with Crippen molar-refractivity contribution in [3.63, 3.8) is 0 Å². The summed E-state index contributed by atoms with van der Waals surface area (Å²) < 4.78 is 16.3. The summed E-state index contributed by atoms with van der Waals surface area (Å²) in [5.74, 6) is 0.0127. The van der Waals surface area contributed by atoms with Crippen molar-refractivity contribution in [2.45, 2.75) is 25.8 Å². The van der Waals surface area contributed by atoms with Gasteiger partial charge in [-0.3, -0.25) is 4.79 Å². The van der Waals surface area contributed by atoms with Crippen LogP contribution in [0.3, 0.4) is 0 Å². The van der Waals surface area contributed by atoms with Gasteiger partial charge in [0, 0.05) is 28.6 Å². The molecule has 2 aromatic carbocycles. The van der Waals surface area contributed by atoms with Crippen molar-refractivity contribution in [3.8, 4) is 11.5 Å². The number of carbonyl (C=O) groups is 2. The Morgan fingerprint density at radius 3 is 2.66 bits per heavy atom. The van der Waals surface area contributed by atoms with Crippen molar-refractivity contribution >= 4 is 23.5 Å². The number of hydrogen-bond donors (Lipinski definition) is 0. The second-order valence-corrected chi connectivity index (χ2v) is 7.80. The van der Waals surface area contributed by atoms with Crippen LogP contribution in [0.25, 0.3) is 0 Å². The van der Waals surface area contributed by atoms with Crippen LogP contribution < -0.4 is 9.47 Å². The van der Waals surface area contributed by atoms with E-state index in [2.05, 4.69) is 6.58 Å². The van der Waals surface area contributed by atoms with E-state index < -0.39 is 11.9 Å². The molecule has 1 aliphatic rings. The Balaban J connectivity index is 2.10. The first-order chi connectivity index (χ1) is 15.4. The third kappa shape index (κ3) is 4.97. The normalized spacial score (nSPS) is 16.1. The first-order valence-electron chi connectivity index (χ1n) is 10.1. The predicted octanol–water partition coefficient (Wildman–Crippen LogP) is 4.88. The highest BCUT2D eigenvalue weighted by Crippen LogP contribution is 2.42. The SMILES string of the molecule is C=CCOC(=O)C1=C(C)N(Cc2cccc(Cl)c2)C(=O)CC1c1cc(OC)ccc1OC. The fourth-order valence-electron chi connectivity index (χ4n) is 3.88. The molecule has 1 atom stereocenters. The molecule has 1 amide bonds. The van der Waals surface area contributed by atoms with E-state index in [1.54, 1.807) is 56.4 Å². The summed E-state index contributed by atoms with van der Waals surface area (Å²) in [4.78, 5) is 27.9. The molecule has 0 spiro atoms. The number of methoxy groups -OCH3 is 2. The van der Waals surface area contributed by atoms with Crippen LogP contribution >= 0.6 is 11.6 Å². The minimum atomic E-state index is -0.541. The van der Waals surface area contributed by atoms with Gasteiger partial charge >= 0.3 is 5.97 Å². The maximum absolute atomic E-state index is 13.2. The zero-order valence-corrected chi connectivity index (χ0v) is 19.1. The van der Waals surface area contributed by atoms with Crippen LogP contribution in [0.1, 0.15) is 30.4 Å². The minimum Gasteiger partial charge on any atom is -0.497 e. The number of ether oxygens (including phenoxy) is 3. The van der Waals surface area contributed by atoms with Gasteiger partial charge in [0.1, 0.15) is 18.1 Å². The zero-order chi connectivity index (χ0) is 23.3. The van der Waals surface area contributed by atoms with Gasteiger partial charge in [0.05, 0.1) is 26.3 Å². The molecule has 32 heavy (non-hydrogen) atoms. The van der Waals surface area contributed by atoms with E-state index in [9.17, 15) is 9.59 Å². The van der Waals surface area contributed by atoms with Crippen LogP contribution in [0.5, 0.6) is 11.5 Å². The molecule has 1 heterocycles. The van der Waals surface area contributed by atoms with Crippen molar-refractivity contribution in [2.24, 2.45) is 0 Å². The lowest BCUT2D eigenvalue weighted by Gasteiger charge is -2.35. The van der Waals surface area contributed by atoms with E-state index in [-0.39, 0.29) is 18.9 Å². The number of allylic oxidation sites excluding steroid dienone is 1. The van der Waals surface area contributed by atoms with Gasteiger partial charge in [-0.1, -0.05) is 36.4 Å². The number of hydrogen-bond acceptors (Lipinski definition) is 5. The Morgan fingerprint density at radius 2 is 2.00 bits per heavy atom. The number of carbonyl (C=O) groups excluding carboxylic acids is 2. The fraction of sp³-hybridized carbons (Fsp3) is 0.280. The molecule has 0 radical (unpaired) electrons. The molecule has 2 aromatic rings. The lowest BCUT2D eigenvalue weighted by molar-refractivity contribution is -0.139. The summed E-state index contributed by atoms with van der Waals surface area (Å²) in [7, 11) is 3.11. The van der Waals surface area contributed by atoms with E-state index in [1.165, 1.54) is 6.08 Å². The number of nitrogens with zero attached hydrogens (tertiary/aromatic N) is 1. The summed E-state index contributed by atoms with van der Waals surface area (Å²) in [5, 5.41) is 0.582. The van der Waals surface area contributed by atoms with Gasteiger partial charge < -0.3 is 19.1 Å². The van der Waals surface area contributed by atoms with Gasteiger partial charge in [0.15, 0.2) is 0 Å². The second-order valence-electron chi connectivity index (χ2n) is 7.36. The van der Waals surface area contributed by atoms with E-state index in [1.807, 2.05) is 12.1 Å². The molecule has 0 saturated heterocycles. The summed E-state index contributed by atoms with van der Waals surface area (Å²) >= 11 is 6.11. The van der Waals surface area contributed by atoms with Crippen LogP contribution in [-0.2, 0) is 20.9 Å². The van der Waals surface area contributed by atoms with Crippen LogP contribution in [0, 0.1) is 0 Å². The van der Waals surface area contributed by atoms with Gasteiger partial charge in [0.25, 0.3) is 0 Å². The van der Waals surface area contributed by atoms with Crippen LogP contribution in [0.4, 0.5) is 0 Å². The topological polar surface area (TPSA) is 65.1 Å². The maximum Gasteiger partial charge on any atom is 0.336 e. The largest absolute Gasteiger partial charge is 0.497 e. The Hall–Kier alpha value is -3.25. The van der Waals surface area contributed by atoms with Crippen molar-refractivity contribution < 1.29 is 23.8 Å². The molecule has 0 N–H and O–H groups in total. The van der Waals surface area contributed by atoms with E-state index in [0.717, 1.165) is 5.56 Å². The summed E-state index contributed by atoms with van der Waals surface area (Å²) in [6, 6.07) is 12.6. The average Bonchev–Trinajstić information content (AvgIpc) is 2.79. The minimum absolute atomic E-state index is 0.0693. The van der Waals surface area contributed by atoms with Crippen molar-refractivity contribution in [3.05, 3.63) is 82.5 Å². The quantitative estimate of drug-likeness (QED) is 0.419. The van der Waals surface area contributed by atoms with Crippen LogP contribution in [0.15, 0.2) is 66.4 Å². The van der Waals surface area contributed by atoms with E-state index in [4.69, 9.17) is 25.8 Å². The van der Waals surface area contributed by atoms with Gasteiger partial charge in [-0.05, 0) is 42.8 Å². The standard InChI is InChI=1S/C25H26ClNO5/c1-5-11-32-25(29)24-16(2)27(15-17-7-6-8-18(26)12-17)23(28)14-21(24)20-13-19(30-3)9-10-22(20)31-4/h5-10,12-13,21H,1,11,14-15H2,2-4H3. The predicted molar refractivity (Wildman–Crippen MR) is 123 cm³/mol. The van der Waals surface area contributed by atoms with Gasteiger partial charge in [-0.15, -0.1) is 0 Å². The molecule has 1 unspecified atom stereocenters. The first kappa shape index (κ1) is 23.4. The summed E-state index contributed by atoms with van der Waals surface area (Å²) in [6.07, 6.45) is 1.59. The molecule has 0 aliphatic carbocycles. The number of amides is 1. The van der Waals surface area contributed by atoms with Crippen molar-refractivity contribution in [2.75, 3.05) is 20.8 Å². The van der Waals surface area contributed by atoms with Gasteiger partial charge in [0.2, 0.25) is 5.91 Å². The Kier molecular flexibility index (Phi) is 7.59. The molecule has 0 bridgehead atoms. The Morgan fingerprint density at radius 1 is 1.22 bits per heavy atom. The molecule has 6 nitrogen and oxygen atoms in total. The average molecular weight is 456 g/mol. The molecule has 0 fully saturated rings. The van der Waals surface area contributed by atoms with Crippen molar-refractivity contribution in [1.82, 2.24) is 4.90 Å². The number of rotatable bonds is 8. The highest BCUT2D eigenvalue weighted by molar-refractivity contribution is 6.30. The number of esters is 1. The third-order valence-electron chi connectivity index (χ3n) is 5.42. The Labute approximate surface area is 193 Å². The van der Waals surface area contributed by atoms with Gasteiger partial charge in [-0.2, -0.15) is 0 Å². The lowest BCUT2D eigenvalue weighted by atomic mass is 9.83. The summed E-state index contributed by atoms with van der Waals surface area (Å²) in [5.41, 5.74) is 2.49. The Bertz CT molecular complexity index is 1060. The molecule has 0 aromatic heterocycles. The number of halogens is 1. The molecular weight excluding hydrogens is 430 g/mol. The molecular formula is C25H26ClNO5. The third-order valence-corrected chi connectivity index (χ3v) is 5.65. The summed E-state index contributed by atoms with van der Waals surface area (Å²) in [6.45, 7) is 5.73. The van der Waals surface area contributed by atoms with Crippen LogP contribution in [-0.4, -0.2) is 37.6 Å². The van der Waals surface area contributed by atoms with E-state index >= 15 is 0 Å². The molecule has 3 rings (SSSR count). The smallest absolute Gasteiger partial charge is 0.336 e. The first-order valence-corrected chi connectivity index (χ1v) is 10.5.